The Bertz CT molecular complexity index is 469. The fraction of sp³-hybridized carbons (Fsp3) is 0.429. The highest BCUT2D eigenvalue weighted by Crippen LogP contribution is 2.18. The van der Waals surface area contributed by atoms with Crippen molar-refractivity contribution in [1.29, 1.82) is 0 Å². The minimum atomic E-state index is -0.280. The monoisotopic (exact) mass is 276 g/mol. The lowest BCUT2D eigenvalue weighted by Gasteiger charge is -2.08. The standard InChI is InChI=1S/C14H20N4O2/c15-10-3-5-12(6-4-10)18-14(20)16-9-1-2-13(19)17-11-7-8-11/h3-6,11H,1-2,7-9,15H2,(H,17,19)(H2,16,18,20). The molecule has 1 aromatic carbocycles. The van der Waals surface area contributed by atoms with Crippen molar-refractivity contribution < 1.29 is 9.59 Å². The fourth-order valence-electron chi connectivity index (χ4n) is 1.72. The number of benzene rings is 1. The lowest BCUT2D eigenvalue weighted by molar-refractivity contribution is -0.121. The Morgan fingerprint density at radius 2 is 1.90 bits per heavy atom. The van der Waals surface area contributed by atoms with Gasteiger partial charge in [0.2, 0.25) is 5.91 Å². The van der Waals surface area contributed by atoms with E-state index in [1.807, 2.05) is 0 Å². The molecule has 0 aromatic heterocycles. The van der Waals surface area contributed by atoms with Crippen molar-refractivity contribution in [3.05, 3.63) is 24.3 Å². The maximum absolute atomic E-state index is 11.6. The van der Waals surface area contributed by atoms with Gasteiger partial charge in [0.15, 0.2) is 0 Å². The van der Waals surface area contributed by atoms with Crippen LogP contribution in [0.25, 0.3) is 0 Å². The van der Waals surface area contributed by atoms with Crippen LogP contribution < -0.4 is 21.7 Å². The van der Waals surface area contributed by atoms with E-state index in [4.69, 9.17) is 5.73 Å². The molecule has 0 radical (unpaired) electrons. The second-order valence-electron chi connectivity index (χ2n) is 4.95. The quantitative estimate of drug-likeness (QED) is 0.467. The molecule has 1 fully saturated rings. The van der Waals surface area contributed by atoms with E-state index in [0.29, 0.717) is 36.8 Å². The van der Waals surface area contributed by atoms with Crippen LogP contribution in [-0.4, -0.2) is 24.5 Å². The van der Waals surface area contributed by atoms with Crippen LogP contribution in [0, 0.1) is 0 Å². The van der Waals surface area contributed by atoms with E-state index in [9.17, 15) is 9.59 Å². The maximum atomic E-state index is 11.6. The third kappa shape index (κ3) is 5.17. The van der Waals surface area contributed by atoms with Gasteiger partial charge in [-0.1, -0.05) is 0 Å². The van der Waals surface area contributed by atoms with Crippen LogP contribution >= 0.6 is 0 Å². The molecule has 1 aliphatic rings. The highest BCUT2D eigenvalue weighted by molar-refractivity contribution is 5.89. The molecule has 1 saturated carbocycles. The molecule has 0 atom stereocenters. The first kappa shape index (κ1) is 14.2. The van der Waals surface area contributed by atoms with Crippen LogP contribution in [0.3, 0.4) is 0 Å². The zero-order valence-electron chi connectivity index (χ0n) is 11.3. The summed E-state index contributed by atoms with van der Waals surface area (Å²) in [5.41, 5.74) is 6.89. The van der Waals surface area contributed by atoms with E-state index >= 15 is 0 Å². The Balaban J connectivity index is 1.57. The molecule has 2 rings (SSSR count). The Kier molecular flexibility index (Phi) is 4.81. The van der Waals surface area contributed by atoms with E-state index in [2.05, 4.69) is 16.0 Å². The minimum Gasteiger partial charge on any atom is -0.399 e. The normalized spacial score (nSPS) is 13.6. The van der Waals surface area contributed by atoms with Gasteiger partial charge in [-0.3, -0.25) is 4.79 Å². The van der Waals surface area contributed by atoms with Gasteiger partial charge in [-0.05, 0) is 43.5 Å². The largest absolute Gasteiger partial charge is 0.399 e. The minimum absolute atomic E-state index is 0.0632. The van der Waals surface area contributed by atoms with Crippen molar-refractivity contribution >= 4 is 23.3 Å². The molecule has 0 saturated heterocycles. The average Bonchev–Trinajstić information content (AvgIpc) is 3.21. The van der Waals surface area contributed by atoms with Crippen LogP contribution in [0.2, 0.25) is 0 Å². The molecule has 20 heavy (non-hydrogen) atoms. The summed E-state index contributed by atoms with van der Waals surface area (Å²) in [5.74, 6) is 0.0632. The maximum Gasteiger partial charge on any atom is 0.319 e. The fourth-order valence-corrected chi connectivity index (χ4v) is 1.72. The van der Waals surface area contributed by atoms with Crippen molar-refractivity contribution in [1.82, 2.24) is 10.6 Å². The van der Waals surface area contributed by atoms with E-state index in [-0.39, 0.29) is 11.9 Å². The number of urea groups is 1. The van der Waals surface area contributed by atoms with Crippen LogP contribution in [-0.2, 0) is 4.79 Å². The topological polar surface area (TPSA) is 96.2 Å². The predicted octanol–water partition coefficient (Wildman–Crippen LogP) is 1.45. The summed E-state index contributed by atoms with van der Waals surface area (Å²) in [7, 11) is 0. The van der Waals surface area contributed by atoms with Gasteiger partial charge in [-0.15, -0.1) is 0 Å². The molecule has 1 aromatic rings. The van der Waals surface area contributed by atoms with E-state index < -0.39 is 0 Å². The molecule has 5 N–H and O–H groups in total. The number of carbonyl (C=O) groups is 2. The van der Waals surface area contributed by atoms with Crippen molar-refractivity contribution in [2.24, 2.45) is 0 Å². The zero-order chi connectivity index (χ0) is 14.4. The molecule has 6 heteroatoms. The number of hydrogen-bond acceptors (Lipinski definition) is 3. The summed E-state index contributed by atoms with van der Waals surface area (Å²) < 4.78 is 0. The number of hydrogen-bond donors (Lipinski definition) is 4. The Morgan fingerprint density at radius 1 is 1.20 bits per heavy atom. The molecule has 6 nitrogen and oxygen atoms in total. The van der Waals surface area contributed by atoms with E-state index in [0.717, 1.165) is 12.8 Å². The van der Waals surface area contributed by atoms with Crippen molar-refractivity contribution in [3.63, 3.8) is 0 Å². The summed E-state index contributed by atoms with van der Waals surface area (Å²) >= 11 is 0. The van der Waals surface area contributed by atoms with Crippen LogP contribution in [0.5, 0.6) is 0 Å². The van der Waals surface area contributed by atoms with E-state index in [1.165, 1.54) is 0 Å². The molecule has 0 spiro atoms. The van der Waals surface area contributed by atoms with E-state index in [1.54, 1.807) is 24.3 Å². The van der Waals surface area contributed by atoms with Gasteiger partial charge in [0.1, 0.15) is 0 Å². The summed E-state index contributed by atoms with van der Waals surface area (Å²) in [6.45, 7) is 0.471. The highest BCUT2D eigenvalue weighted by atomic mass is 16.2. The molecule has 108 valence electrons. The molecule has 1 aliphatic carbocycles. The van der Waals surface area contributed by atoms with Gasteiger partial charge >= 0.3 is 6.03 Å². The molecule has 0 bridgehead atoms. The number of carbonyl (C=O) groups excluding carboxylic acids is 2. The molecule has 3 amide bonds. The number of nitrogens with one attached hydrogen (secondary N) is 3. The molecular weight excluding hydrogens is 256 g/mol. The summed E-state index contributed by atoms with van der Waals surface area (Å²) in [4.78, 5) is 23.0. The lowest BCUT2D eigenvalue weighted by Crippen LogP contribution is -2.31. The van der Waals surface area contributed by atoms with Gasteiger partial charge < -0.3 is 21.7 Å². The molecule has 0 aliphatic heterocycles. The number of rotatable bonds is 6. The van der Waals surface area contributed by atoms with Gasteiger partial charge in [-0.25, -0.2) is 4.79 Å². The van der Waals surface area contributed by atoms with Crippen molar-refractivity contribution in [2.75, 3.05) is 17.6 Å². The van der Waals surface area contributed by atoms with Crippen LogP contribution in [0.1, 0.15) is 25.7 Å². The number of anilines is 2. The lowest BCUT2D eigenvalue weighted by atomic mass is 10.3. The number of amides is 3. The smallest absolute Gasteiger partial charge is 0.319 e. The second-order valence-corrected chi connectivity index (χ2v) is 4.95. The highest BCUT2D eigenvalue weighted by Gasteiger charge is 2.22. The molecule has 0 unspecified atom stereocenters. The van der Waals surface area contributed by atoms with Gasteiger partial charge in [0.25, 0.3) is 0 Å². The summed E-state index contributed by atoms with van der Waals surface area (Å²) in [5, 5.41) is 8.31. The van der Waals surface area contributed by atoms with Gasteiger partial charge in [-0.2, -0.15) is 0 Å². The average molecular weight is 276 g/mol. The Labute approximate surface area is 118 Å². The molecule has 0 heterocycles. The zero-order valence-corrected chi connectivity index (χ0v) is 11.3. The number of nitrogen functional groups attached to an aromatic ring is 1. The SMILES string of the molecule is Nc1ccc(NC(=O)NCCCC(=O)NC2CC2)cc1. The Morgan fingerprint density at radius 3 is 2.55 bits per heavy atom. The number of nitrogens with two attached hydrogens (primary N) is 1. The summed E-state index contributed by atoms with van der Waals surface area (Å²) in [6.07, 6.45) is 3.26. The summed E-state index contributed by atoms with van der Waals surface area (Å²) in [6, 6.07) is 7.02. The van der Waals surface area contributed by atoms with Crippen LogP contribution in [0.15, 0.2) is 24.3 Å². The third-order valence-electron chi connectivity index (χ3n) is 2.98. The van der Waals surface area contributed by atoms with Crippen molar-refractivity contribution in [3.8, 4) is 0 Å². The second kappa shape index (κ2) is 6.79. The predicted molar refractivity (Wildman–Crippen MR) is 78.3 cm³/mol. The van der Waals surface area contributed by atoms with Crippen molar-refractivity contribution in [2.45, 2.75) is 31.7 Å². The third-order valence-corrected chi connectivity index (χ3v) is 2.98. The van der Waals surface area contributed by atoms with Gasteiger partial charge in [0, 0.05) is 30.4 Å². The Hall–Kier alpha value is -2.24. The first-order valence-electron chi connectivity index (χ1n) is 6.83. The van der Waals surface area contributed by atoms with Crippen LogP contribution in [0.4, 0.5) is 16.2 Å². The molecular formula is C14H20N4O2. The van der Waals surface area contributed by atoms with Gasteiger partial charge in [0.05, 0.1) is 0 Å². The first-order chi connectivity index (χ1) is 9.63. The first-order valence-corrected chi connectivity index (χ1v) is 6.83.